The van der Waals surface area contributed by atoms with Gasteiger partial charge in [-0.2, -0.15) is 4.57 Å². The fourth-order valence-corrected chi connectivity index (χ4v) is 6.37. The Balaban J connectivity index is 1.38. The zero-order valence-electron chi connectivity index (χ0n) is 19.0. The number of carboxylic acids is 1. The third kappa shape index (κ3) is 4.16. The van der Waals surface area contributed by atoms with Crippen LogP contribution in [0.1, 0.15) is 5.69 Å². The number of hydrogen-bond donors (Lipinski definition) is 3. The van der Waals surface area contributed by atoms with E-state index in [1.165, 1.54) is 23.8 Å². The van der Waals surface area contributed by atoms with Gasteiger partial charge >= 0.3 is 5.97 Å². The Morgan fingerprint density at radius 2 is 2.17 bits per heavy atom. The minimum Gasteiger partial charge on any atom is -0.477 e. The Bertz CT molecular complexity index is 1450. The highest BCUT2D eigenvalue weighted by Gasteiger charge is 2.54. The minimum absolute atomic E-state index is 0.0442. The van der Waals surface area contributed by atoms with Crippen molar-refractivity contribution in [3.63, 3.8) is 0 Å². The Labute approximate surface area is 213 Å². The number of nitrogens with two attached hydrogens (primary N) is 1. The number of nitrogen functional groups attached to an aromatic ring is 1. The van der Waals surface area contributed by atoms with Crippen molar-refractivity contribution in [3.8, 4) is 0 Å². The van der Waals surface area contributed by atoms with E-state index in [9.17, 15) is 19.5 Å². The highest BCUT2D eigenvalue weighted by Crippen LogP contribution is 2.40. The van der Waals surface area contributed by atoms with Crippen LogP contribution in [0.25, 0.3) is 10.2 Å². The molecule has 11 nitrogen and oxygen atoms in total. The molecule has 3 aromatic heterocycles. The molecule has 0 bridgehead atoms. The lowest BCUT2D eigenvalue weighted by atomic mass is 10.0. The average molecular weight is 526 g/mol. The molecule has 0 radical (unpaired) electrons. The molecule has 1 fully saturated rings. The summed E-state index contributed by atoms with van der Waals surface area (Å²) in [4.78, 5) is 48.4. The van der Waals surface area contributed by atoms with Crippen molar-refractivity contribution in [1.29, 1.82) is 0 Å². The van der Waals surface area contributed by atoms with E-state index >= 15 is 0 Å². The summed E-state index contributed by atoms with van der Waals surface area (Å²) < 4.78 is 3.06. The third-order valence-electron chi connectivity index (χ3n) is 5.80. The second-order valence-electron chi connectivity index (χ2n) is 7.99. The topological polar surface area (TPSA) is 151 Å². The lowest BCUT2D eigenvalue weighted by Gasteiger charge is -2.49. The van der Waals surface area contributed by atoms with Crippen molar-refractivity contribution in [1.82, 2.24) is 15.2 Å². The van der Waals surface area contributed by atoms with Crippen molar-refractivity contribution in [2.45, 2.75) is 18.0 Å². The molecule has 3 aromatic rings. The van der Waals surface area contributed by atoms with Crippen LogP contribution in [0.4, 0.5) is 5.82 Å². The number of β-lactam (4-membered cyclic amide) rings is 1. The van der Waals surface area contributed by atoms with Crippen molar-refractivity contribution in [2.24, 2.45) is 5.16 Å². The number of nitrogens with one attached hydrogen (secondary N) is 1. The van der Waals surface area contributed by atoms with Gasteiger partial charge in [0, 0.05) is 23.5 Å². The Kier molecular flexibility index (Phi) is 6.33. The Morgan fingerprint density at radius 3 is 2.92 bits per heavy atom. The second kappa shape index (κ2) is 9.59. The van der Waals surface area contributed by atoms with Crippen molar-refractivity contribution < 1.29 is 28.9 Å². The number of thiophene rings is 1. The molecule has 5 rings (SSSR count). The largest absolute Gasteiger partial charge is 0.477 e. The van der Waals surface area contributed by atoms with E-state index in [1.807, 2.05) is 34.3 Å². The number of fused-ring (bicyclic) bond motifs is 2. The first-order valence-electron chi connectivity index (χ1n) is 10.8. The molecule has 184 valence electrons. The van der Waals surface area contributed by atoms with Crippen LogP contribution in [0.2, 0.25) is 0 Å². The summed E-state index contributed by atoms with van der Waals surface area (Å²) in [6.07, 6.45) is 1.89. The summed E-state index contributed by atoms with van der Waals surface area (Å²) in [6, 6.07) is 9.69. The molecule has 4 N–H and O–H groups in total. The zero-order valence-corrected chi connectivity index (χ0v) is 20.6. The fourth-order valence-electron chi connectivity index (χ4n) is 4.23. The van der Waals surface area contributed by atoms with Crippen LogP contribution < -0.4 is 15.6 Å². The highest BCUT2D eigenvalue weighted by atomic mass is 32.2. The maximum absolute atomic E-state index is 13.1. The summed E-state index contributed by atoms with van der Waals surface area (Å²) in [7, 11) is 1.28. The molecule has 2 atom stereocenters. The molecule has 1 saturated heterocycles. The third-order valence-corrected chi connectivity index (χ3v) is 8.02. The maximum Gasteiger partial charge on any atom is 0.352 e. The zero-order chi connectivity index (χ0) is 25.4. The van der Waals surface area contributed by atoms with Gasteiger partial charge in [0.25, 0.3) is 11.8 Å². The number of thioether (sulfide) groups is 1. The highest BCUT2D eigenvalue weighted by molar-refractivity contribution is 8.00. The molecule has 5 heterocycles. The van der Waals surface area contributed by atoms with Gasteiger partial charge in [-0.25, -0.2) is 9.78 Å². The van der Waals surface area contributed by atoms with Gasteiger partial charge in [0.15, 0.2) is 18.5 Å². The van der Waals surface area contributed by atoms with E-state index in [2.05, 4.69) is 15.5 Å². The van der Waals surface area contributed by atoms with E-state index in [4.69, 9.17) is 10.6 Å². The molecule has 13 heteroatoms. The van der Waals surface area contributed by atoms with E-state index in [1.54, 1.807) is 29.5 Å². The second-order valence-corrected chi connectivity index (χ2v) is 10.0. The van der Waals surface area contributed by atoms with E-state index < -0.39 is 29.2 Å². The number of rotatable bonds is 7. The summed E-state index contributed by atoms with van der Waals surface area (Å²) in [5.41, 5.74) is 7.32. The van der Waals surface area contributed by atoms with Crippen LogP contribution in [0.15, 0.2) is 64.4 Å². The number of nitrogens with zero attached hydrogens (tertiary/aromatic N) is 4. The van der Waals surface area contributed by atoms with Crippen LogP contribution in [-0.4, -0.2) is 62.8 Å². The van der Waals surface area contributed by atoms with Gasteiger partial charge in [-0.3, -0.25) is 14.5 Å². The van der Waals surface area contributed by atoms with Gasteiger partial charge < -0.3 is 21.0 Å². The number of aromatic nitrogens is 2. The molecule has 2 amide bonds. The summed E-state index contributed by atoms with van der Waals surface area (Å²) in [5, 5.41) is 17.8. The van der Waals surface area contributed by atoms with Gasteiger partial charge in [0.1, 0.15) is 35.7 Å². The maximum atomic E-state index is 13.1. The normalized spacial score (nSPS) is 19.6. The van der Waals surface area contributed by atoms with Gasteiger partial charge in [0.05, 0.1) is 4.70 Å². The quantitative estimate of drug-likeness (QED) is 0.179. The first-order valence-corrected chi connectivity index (χ1v) is 12.7. The number of aliphatic carboxylic acids is 1. The molecule has 0 aliphatic carbocycles. The Morgan fingerprint density at radius 1 is 1.33 bits per heavy atom. The number of carboxylic acid groups (broad SMARTS) is 1. The first kappa shape index (κ1) is 23.8. The minimum atomic E-state index is -1.18. The van der Waals surface area contributed by atoms with E-state index in [-0.39, 0.29) is 22.9 Å². The van der Waals surface area contributed by atoms with Crippen LogP contribution in [0.3, 0.4) is 0 Å². The molecule has 36 heavy (non-hydrogen) atoms. The van der Waals surface area contributed by atoms with Crippen LogP contribution in [0, 0.1) is 0 Å². The molecule has 0 spiro atoms. The molecular weight excluding hydrogens is 504 g/mol. The van der Waals surface area contributed by atoms with Crippen LogP contribution >= 0.6 is 23.1 Å². The van der Waals surface area contributed by atoms with E-state index in [0.717, 1.165) is 10.2 Å². The average Bonchev–Trinajstić information content (AvgIpc) is 3.35. The fraction of sp³-hybridized carbons (Fsp3) is 0.217. The van der Waals surface area contributed by atoms with Crippen LogP contribution in [-0.2, 0) is 25.8 Å². The lowest BCUT2D eigenvalue weighted by Crippen LogP contribution is -2.71. The number of amides is 2. The van der Waals surface area contributed by atoms with E-state index in [0.29, 0.717) is 17.9 Å². The molecule has 2 aliphatic rings. The van der Waals surface area contributed by atoms with Gasteiger partial charge in [-0.15, -0.1) is 23.1 Å². The Hall–Kier alpha value is -3.97. The predicted molar refractivity (Wildman–Crippen MR) is 134 cm³/mol. The molecule has 1 unspecified atom stereocenters. The lowest BCUT2D eigenvalue weighted by molar-refractivity contribution is -0.663. The number of oxime groups is 1. The number of hydrogen-bond acceptors (Lipinski definition) is 9. The standard InChI is InChI=1S/C23H20N6O5S2/c1-34-27-17(13-4-2-6-16(24)25-13)20(30)26-18-21(31)29-19(23(32)33)12(11-36-22(18)29)10-28-8-3-5-15-14(28)7-9-35-15/h2-9,18,22H,10-11H2,1H3,(H3-,24,25,26,30,32,33)/p+1/t18?,22-/m1/s1. The van der Waals surface area contributed by atoms with Crippen LogP contribution in [0.5, 0.6) is 0 Å². The molecule has 0 saturated carbocycles. The number of anilines is 1. The van der Waals surface area contributed by atoms with Gasteiger partial charge in [-0.05, 0) is 23.6 Å². The molecule has 0 aromatic carbocycles. The van der Waals surface area contributed by atoms with Crippen molar-refractivity contribution in [3.05, 3.63) is 64.9 Å². The van der Waals surface area contributed by atoms with Crippen molar-refractivity contribution in [2.75, 3.05) is 18.6 Å². The monoisotopic (exact) mass is 525 g/mol. The summed E-state index contributed by atoms with van der Waals surface area (Å²) in [5.74, 6) is -1.78. The first-order chi connectivity index (χ1) is 17.4. The SMILES string of the molecule is CON=C(C(=O)NC1C(=O)N2C(C(=O)O)=C(C[n+]3cccc4sccc43)CS[C@H]12)c1cccc(N)n1. The molecular formula is C23H21N6O5S2+. The number of carbonyl (C=O) groups is 3. The summed E-state index contributed by atoms with van der Waals surface area (Å²) in [6.45, 7) is 0.335. The smallest absolute Gasteiger partial charge is 0.352 e. The predicted octanol–water partition coefficient (Wildman–Crippen LogP) is 0.955. The summed E-state index contributed by atoms with van der Waals surface area (Å²) >= 11 is 3.00. The number of pyridine rings is 2. The van der Waals surface area contributed by atoms with Gasteiger partial charge in [0.2, 0.25) is 5.52 Å². The van der Waals surface area contributed by atoms with Gasteiger partial charge in [-0.1, -0.05) is 11.2 Å². The number of carbonyl (C=O) groups excluding carboxylic acids is 2. The molecule has 2 aliphatic heterocycles. The van der Waals surface area contributed by atoms with Crippen molar-refractivity contribution >= 4 is 62.6 Å².